The summed E-state index contributed by atoms with van der Waals surface area (Å²) in [5, 5.41) is 29.7. The highest BCUT2D eigenvalue weighted by molar-refractivity contribution is 6.26. The molecule has 280 valence electrons. The maximum atomic E-state index is 13.2. The number of fused-ring (bicyclic) bond motifs is 1. The number of piperidine rings is 1. The van der Waals surface area contributed by atoms with Gasteiger partial charge in [-0.25, -0.2) is 0 Å². The molecular weight excluding hydrogens is 688 g/mol. The summed E-state index contributed by atoms with van der Waals surface area (Å²) >= 11 is 0. The van der Waals surface area contributed by atoms with Crippen LogP contribution in [0, 0.1) is 20.2 Å². The van der Waals surface area contributed by atoms with E-state index in [2.05, 4.69) is 16.0 Å². The molecule has 2 heterocycles. The van der Waals surface area contributed by atoms with E-state index in [1.807, 2.05) is 0 Å². The SMILES string of the molecule is O=C1CCC(N2C(=O)c3cccc(NC(=O)CCCCCOCCOCCOCCOCCNc4ccc([N+](=O)[O-])cc4[N+](=O)[O-])c3C2=O)C(=O)N1. The molecule has 0 bridgehead atoms. The normalized spacial score (nSPS) is 15.4. The number of nitro benzene ring substituents is 2. The average Bonchev–Trinajstić information content (AvgIpc) is 3.37. The van der Waals surface area contributed by atoms with Crippen molar-refractivity contribution in [1.82, 2.24) is 10.2 Å². The molecular formula is C33H40N6O13. The van der Waals surface area contributed by atoms with E-state index in [4.69, 9.17) is 18.9 Å². The Balaban J connectivity index is 0.972. The fraction of sp³-hybridized carbons (Fsp3) is 0.485. The number of non-ortho nitro benzene ring substituents is 1. The van der Waals surface area contributed by atoms with Gasteiger partial charge in [0.15, 0.2) is 0 Å². The molecule has 2 aromatic carbocycles. The topological polar surface area (TPSA) is 248 Å². The number of amides is 5. The standard InChI is InChI=1S/C33H40N6O13/c40-28(35-25-6-4-5-23-30(25)33(44)37(32(23)43)26-10-11-29(41)36-31(26)42)7-2-1-3-13-49-15-17-51-19-20-52-18-16-50-14-12-34-24-9-8-22(38(45)46)21-27(24)39(47)48/h4-6,8-9,21,26,34H,1-3,7,10-20H2,(H,35,40)(H,36,41,42). The van der Waals surface area contributed by atoms with Crippen LogP contribution in [0.1, 0.15) is 59.2 Å². The van der Waals surface area contributed by atoms with Crippen molar-refractivity contribution < 1.29 is 52.8 Å². The molecule has 19 heteroatoms. The zero-order valence-corrected chi connectivity index (χ0v) is 28.3. The number of imide groups is 2. The number of unbranched alkanes of at least 4 members (excludes halogenated alkanes) is 2. The number of rotatable bonds is 23. The lowest BCUT2D eigenvalue weighted by molar-refractivity contribution is -0.393. The summed E-state index contributed by atoms with van der Waals surface area (Å²) in [4.78, 5) is 84.0. The van der Waals surface area contributed by atoms with E-state index in [9.17, 15) is 44.2 Å². The molecule has 2 aliphatic rings. The van der Waals surface area contributed by atoms with Crippen LogP contribution in [0.5, 0.6) is 0 Å². The molecule has 3 N–H and O–H groups in total. The maximum absolute atomic E-state index is 13.2. The molecule has 4 rings (SSSR count). The Bertz CT molecular complexity index is 1650. The molecule has 0 radical (unpaired) electrons. The number of hydrogen-bond donors (Lipinski definition) is 3. The molecule has 1 saturated heterocycles. The molecule has 2 aromatic rings. The Hall–Kier alpha value is -5.37. The summed E-state index contributed by atoms with van der Waals surface area (Å²) in [6.07, 6.45) is 2.28. The number of carbonyl (C=O) groups excluding carboxylic acids is 5. The van der Waals surface area contributed by atoms with Crippen LogP contribution in [0.15, 0.2) is 36.4 Å². The number of nitro groups is 2. The molecule has 2 aliphatic heterocycles. The van der Waals surface area contributed by atoms with Crippen molar-refractivity contribution in [2.24, 2.45) is 0 Å². The van der Waals surface area contributed by atoms with Gasteiger partial charge in [0.25, 0.3) is 23.2 Å². The monoisotopic (exact) mass is 728 g/mol. The van der Waals surface area contributed by atoms with E-state index in [0.717, 1.165) is 23.8 Å². The second kappa shape index (κ2) is 19.9. The highest BCUT2D eigenvalue weighted by atomic mass is 16.6. The van der Waals surface area contributed by atoms with Gasteiger partial charge >= 0.3 is 0 Å². The van der Waals surface area contributed by atoms with Gasteiger partial charge in [-0.2, -0.15) is 0 Å². The van der Waals surface area contributed by atoms with Crippen LogP contribution in [0.2, 0.25) is 0 Å². The fourth-order valence-corrected chi connectivity index (χ4v) is 5.45. The summed E-state index contributed by atoms with van der Waals surface area (Å²) in [5.74, 6) is -2.81. The fourth-order valence-electron chi connectivity index (χ4n) is 5.45. The molecule has 0 spiro atoms. The molecule has 1 atom stereocenters. The Morgan fingerprint density at radius 2 is 1.48 bits per heavy atom. The van der Waals surface area contributed by atoms with Crippen molar-refractivity contribution in [3.63, 3.8) is 0 Å². The van der Waals surface area contributed by atoms with Crippen LogP contribution < -0.4 is 16.0 Å². The lowest BCUT2D eigenvalue weighted by atomic mass is 10.0. The van der Waals surface area contributed by atoms with E-state index in [0.29, 0.717) is 52.7 Å². The highest BCUT2D eigenvalue weighted by Gasteiger charge is 2.45. The highest BCUT2D eigenvalue weighted by Crippen LogP contribution is 2.33. The van der Waals surface area contributed by atoms with E-state index in [1.165, 1.54) is 24.3 Å². The second-order valence-electron chi connectivity index (χ2n) is 11.6. The number of anilines is 2. The van der Waals surface area contributed by atoms with Crippen LogP contribution in [-0.2, 0) is 33.3 Å². The Kier molecular flexibility index (Phi) is 15.1. The van der Waals surface area contributed by atoms with Crippen LogP contribution in [0.25, 0.3) is 0 Å². The largest absolute Gasteiger partial charge is 0.379 e. The third-order valence-corrected chi connectivity index (χ3v) is 8.00. The lowest BCUT2D eigenvalue weighted by Gasteiger charge is -2.27. The van der Waals surface area contributed by atoms with Crippen molar-refractivity contribution in [3.05, 3.63) is 67.8 Å². The Labute approximate surface area is 297 Å². The van der Waals surface area contributed by atoms with Gasteiger partial charge in [-0.05, 0) is 37.5 Å². The zero-order valence-electron chi connectivity index (χ0n) is 28.3. The summed E-state index contributed by atoms with van der Waals surface area (Å²) in [5.41, 5.74) is -0.274. The first-order valence-electron chi connectivity index (χ1n) is 16.7. The first kappa shape index (κ1) is 39.4. The second-order valence-corrected chi connectivity index (χ2v) is 11.6. The summed E-state index contributed by atoms with van der Waals surface area (Å²) in [6, 6.07) is 6.82. The predicted molar refractivity (Wildman–Crippen MR) is 182 cm³/mol. The summed E-state index contributed by atoms with van der Waals surface area (Å²) in [6.45, 7) is 3.11. The third-order valence-electron chi connectivity index (χ3n) is 8.00. The van der Waals surface area contributed by atoms with E-state index in [1.54, 1.807) is 6.07 Å². The molecule has 1 unspecified atom stereocenters. The van der Waals surface area contributed by atoms with Crippen molar-refractivity contribution in [2.45, 2.75) is 44.6 Å². The zero-order chi connectivity index (χ0) is 37.5. The minimum atomic E-state index is -1.09. The van der Waals surface area contributed by atoms with Crippen LogP contribution in [0.3, 0.4) is 0 Å². The quantitative estimate of drug-likeness (QED) is 0.0644. The van der Waals surface area contributed by atoms with Crippen molar-refractivity contribution in [1.29, 1.82) is 0 Å². The number of nitrogens with one attached hydrogen (secondary N) is 3. The lowest BCUT2D eigenvalue weighted by Crippen LogP contribution is -2.54. The van der Waals surface area contributed by atoms with Gasteiger partial charge in [0.05, 0.1) is 79.0 Å². The first-order chi connectivity index (χ1) is 25.1. The van der Waals surface area contributed by atoms with Gasteiger partial charge in [0.2, 0.25) is 17.7 Å². The average molecular weight is 729 g/mol. The Morgan fingerprint density at radius 1 is 0.808 bits per heavy atom. The van der Waals surface area contributed by atoms with Crippen LogP contribution in [-0.4, -0.2) is 110 Å². The van der Waals surface area contributed by atoms with Gasteiger partial charge in [0.1, 0.15) is 11.7 Å². The molecule has 19 nitrogen and oxygen atoms in total. The van der Waals surface area contributed by atoms with Crippen LogP contribution in [0.4, 0.5) is 22.7 Å². The van der Waals surface area contributed by atoms with E-state index < -0.39 is 39.5 Å². The molecule has 52 heavy (non-hydrogen) atoms. The van der Waals surface area contributed by atoms with Crippen molar-refractivity contribution in [2.75, 3.05) is 70.0 Å². The van der Waals surface area contributed by atoms with Gasteiger partial charge in [0, 0.05) is 32.1 Å². The Morgan fingerprint density at radius 3 is 2.13 bits per heavy atom. The predicted octanol–water partition coefficient (Wildman–Crippen LogP) is 2.58. The molecule has 0 aromatic heterocycles. The van der Waals surface area contributed by atoms with Gasteiger partial charge < -0.3 is 29.6 Å². The van der Waals surface area contributed by atoms with Gasteiger partial charge in [-0.1, -0.05) is 12.5 Å². The van der Waals surface area contributed by atoms with E-state index >= 15 is 0 Å². The maximum Gasteiger partial charge on any atom is 0.299 e. The van der Waals surface area contributed by atoms with Crippen molar-refractivity contribution >= 4 is 52.3 Å². The smallest absolute Gasteiger partial charge is 0.299 e. The van der Waals surface area contributed by atoms with Gasteiger partial charge in [-0.3, -0.25) is 54.4 Å². The molecule has 0 saturated carbocycles. The summed E-state index contributed by atoms with van der Waals surface area (Å²) in [7, 11) is 0. The number of hydrogen-bond acceptors (Lipinski definition) is 14. The molecule has 1 fully saturated rings. The first-order valence-corrected chi connectivity index (χ1v) is 16.7. The minimum Gasteiger partial charge on any atom is -0.379 e. The third kappa shape index (κ3) is 11.1. The number of nitrogens with zero attached hydrogens (tertiary/aromatic N) is 3. The number of carbonyl (C=O) groups is 5. The minimum absolute atomic E-state index is 0.0136. The number of ether oxygens (including phenoxy) is 4. The van der Waals surface area contributed by atoms with Crippen LogP contribution >= 0.6 is 0 Å². The summed E-state index contributed by atoms with van der Waals surface area (Å²) < 4.78 is 21.9. The van der Waals surface area contributed by atoms with E-state index in [-0.39, 0.29) is 72.2 Å². The van der Waals surface area contributed by atoms with Gasteiger partial charge in [-0.15, -0.1) is 0 Å². The number of benzene rings is 2. The molecule has 5 amide bonds. The van der Waals surface area contributed by atoms with Crippen molar-refractivity contribution in [3.8, 4) is 0 Å². The molecule has 0 aliphatic carbocycles.